The van der Waals surface area contributed by atoms with Gasteiger partial charge in [0, 0.05) is 64.0 Å². The largest absolute Gasteiger partial charge is 0.457 e. The van der Waals surface area contributed by atoms with Gasteiger partial charge in [-0.1, -0.05) is 30.3 Å². The summed E-state index contributed by atoms with van der Waals surface area (Å²) in [4.78, 5) is 23.3. The second-order valence-corrected chi connectivity index (χ2v) is 8.65. The molecule has 2 heterocycles. The lowest BCUT2D eigenvalue weighted by Gasteiger charge is -2.20. The number of aryl methyl sites for hydroxylation is 1. The molecule has 0 aliphatic rings. The molecule has 4 aromatic rings. The third kappa shape index (κ3) is 6.82. The molecule has 2 aromatic carbocycles. The Hall–Kier alpha value is -3.99. The number of carbonyl (C=O) groups is 1. The van der Waals surface area contributed by atoms with Crippen LogP contribution in [0.3, 0.4) is 0 Å². The van der Waals surface area contributed by atoms with Gasteiger partial charge in [0.15, 0.2) is 0 Å². The summed E-state index contributed by atoms with van der Waals surface area (Å²) >= 11 is 0. The Morgan fingerprint density at radius 2 is 1.65 bits per heavy atom. The minimum Gasteiger partial charge on any atom is -0.457 e. The number of ether oxygens (including phenoxy) is 1. The van der Waals surface area contributed by atoms with Crippen LogP contribution in [0.4, 0.5) is 5.82 Å². The van der Waals surface area contributed by atoms with Gasteiger partial charge in [-0.2, -0.15) is 0 Å². The highest BCUT2D eigenvalue weighted by Crippen LogP contribution is 2.34. The predicted octanol–water partition coefficient (Wildman–Crippen LogP) is 2.20. The zero-order valence-corrected chi connectivity index (χ0v) is 20.8. The summed E-state index contributed by atoms with van der Waals surface area (Å²) in [7, 11) is 0. The van der Waals surface area contributed by atoms with Crippen LogP contribution in [0.15, 0.2) is 67.1 Å². The van der Waals surface area contributed by atoms with E-state index in [1.54, 1.807) is 0 Å². The molecule has 0 unspecified atom stereocenters. The third-order valence-corrected chi connectivity index (χ3v) is 6.05. The van der Waals surface area contributed by atoms with E-state index >= 15 is 0 Å². The van der Waals surface area contributed by atoms with Gasteiger partial charge in [-0.05, 0) is 29.8 Å². The average molecular weight is 503 g/mol. The summed E-state index contributed by atoms with van der Waals surface area (Å²) in [6.07, 6.45) is 3.73. The Morgan fingerprint density at radius 3 is 2.35 bits per heavy atom. The highest BCUT2D eigenvalue weighted by Gasteiger charge is 2.16. The van der Waals surface area contributed by atoms with Crippen LogP contribution in [-0.2, 0) is 11.3 Å². The van der Waals surface area contributed by atoms with Crippen molar-refractivity contribution in [3.8, 4) is 22.6 Å². The Kier molecular flexibility index (Phi) is 9.03. The lowest BCUT2D eigenvalue weighted by atomic mass is 10.1. The molecule has 0 saturated carbocycles. The number of fused-ring (bicyclic) bond motifs is 1. The summed E-state index contributed by atoms with van der Waals surface area (Å²) in [6, 6.07) is 17.4. The topological polar surface area (TPSA) is 150 Å². The Morgan fingerprint density at radius 1 is 0.946 bits per heavy atom. The number of para-hydroxylation sites is 1. The number of nitrogens with one attached hydrogen (secondary N) is 1. The van der Waals surface area contributed by atoms with Crippen molar-refractivity contribution in [3.05, 3.63) is 67.1 Å². The number of nitrogens with zero attached hydrogens (tertiary/aromatic N) is 4. The minimum atomic E-state index is -0.0340. The van der Waals surface area contributed by atoms with Gasteiger partial charge in [-0.15, -0.1) is 0 Å². The van der Waals surface area contributed by atoms with Crippen LogP contribution in [0.5, 0.6) is 11.5 Å². The van der Waals surface area contributed by atoms with Crippen molar-refractivity contribution < 1.29 is 9.53 Å². The molecule has 0 atom stereocenters. The Labute approximate surface area is 216 Å². The molecular weight excluding hydrogens is 468 g/mol. The van der Waals surface area contributed by atoms with E-state index in [2.05, 4.69) is 20.2 Å². The second-order valence-electron chi connectivity index (χ2n) is 8.65. The molecule has 0 spiro atoms. The van der Waals surface area contributed by atoms with E-state index in [4.69, 9.17) is 21.9 Å². The maximum atomic E-state index is 12.5. The van der Waals surface area contributed by atoms with Gasteiger partial charge in [0.1, 0.15) is 29.3 Å². The first-order valence-electron chi connectivity index (χ1n) is 12.4. The molecule has 0 aliphatic heterocycles. The van der Waals surface area contributed by atoms with Crippen LogP contribution in [0.1, 0.15) is 6.42 Å². The second kappa shape index (κ2) is 12.8. The highest BCUT2D eigenvalue weighted by atomic mass is 16.5. The summed E-state index contributed by atoms with van der Waals surface area (Å²) in [6.45, 7) is 4.35. The zero-order chi connectivity index (χ0) is 26.0. The molecule has 10 nitrogen and oxygen atoms in total. The number of anilines is 1. The maximum Gasteiger partial charge on any atom is 0.221 e. The van der Waals surface area contributed by atoms with Crippen molar-refractivity contribution in [2.75, 3.05) is 45.0 Å². The van der Waals surface area contributed by atoms with Gasteiger partial charge < -0.3 is 31.8 Å². The molecule has 10 heteroatoms. The number of nitrogen functional groups attached to an aromatic ring is 1. The van der Waals surface area contributed by atoms with Crippen molar-refractivity contribution in [3.63, 3.8) is 0 Å². The molecule has 0 bridgehead atoms. The SMILES string of the molecule is NCCN(CCN)CCNC(=O)CCn1cc(-c2ccc(Oc3ccccc3)cc2)c2c(N)ncnc21. The molecule has 37 heavy (non-hydrogen) atoms. The number of hydrogen-bond donors (Lipinski definition) is 4. The number of amides is 1. The molecule has 194 valence electrons. The number of rotatable bonds is 13. The smallest absolute Gasteiger partial charge is 0.221 e. The van der Waals surface area contributed by atoms with Crippen LogP contribution in [0.25, 0.3) is 22.2 Å². The number of hydrogen-bond acceptors (Lipinski definition) is 8. The summed E-state index contributed by atoms with van der Waals surface area (Å²) in [5, 5.41) is 3.74. The number of nitrogens with two attached hydrogens (primary N) is 3. The van der Waals surface area contributed by atoms with Crippen molar-refractivity contribution >= 4 is 22.8 Å². The number of carbonyl (C=O) groups excluding carboxylic acids is 1. The molecule has 0 fully saturated rings. The van der Waals surface area contributed by atoms with E-state index in [-0.39, 0.29) is 5.91 Å². The molecule has 0 aliphatic carbocycles. The Balaban J connectivity index is 1.44. The third-order valence-electron chi connectivity index (χ3n) is 6.05. The van der Waals surface area contributed by atoms with Gasteiger partial charge in [0.25, 0.3) is 0 Å². The number of benzene rings is 2. The predicted molar refractivity (Wildman–Crippen MR) is 146 cm³/mol. The maximum absolute atomic E-state index is 12.5. The van der Waals surface area contributed by atoms with Crippen molar-refractivity contribution in [1.82, 2.24) is 24.8 Å². The molecule has 1 amide bonds. The summed E-state index contributed by atoms with van der Waals surface area (Å²) in [5.74, 6) is 1.87. The van der Waals surface area contributed by atoms with Gasteiger partial charge in [-0.3, -0.25) is 9.69 Å². The normalized spacial score (nSPS) is 11.2. The fourth-order valence-electron chi connectivity index (χ4n) is 4.23. The van der Waals surface area contributed by atoms with Crippen molar-refractivity contribution in [1.29, 1.82) is 0 Å². The molecule has 2 aromatic heterocycles. The molecular formula is C27H34N8O2. The Bertz CT molecular complexity index is 1290. The zero-order valence-electron chi connectivity index (χ0n) is 20.8. The quantitative estimate of drug-likeness (QED) is 0.217. The van der Waals surface area contributed by atoms with E-state index in [0.29, 0.717) is 50.6 Å². The van der Waals surface area contributed by atoms with Gasteiger partial charge in [0.2, 0.25) is 5.91 Å². The summed E-state index contributed by atoms with van der Waals surface area (Å²) < 4.78 is 7.86. The van der Waals surface area contributed by atoms with Crippen LogP contribution in [0, 0.1) is 0 Å². The van der Waals surface area contributed by atoms with Crippen molar-refractivity contribution in [2.45, 2.75) is 13.0 Å². The fraction of sp³-hybridized carbons (Fsp3) is 0.296. The lowest BCUT2D eigenvalue weighted by molar-refractivity contribution is -0.121. The van der Waals surface area contributed by atoms with Crippen LogP contribution in [0.2, 0.25) is 0 Å². The number of aromatic nitrogens is 3. The first kappa shape index (κ1) is 26.1. The van der Waals surface area contributed by atoms with Crippen LogP contribution < -0.4 is 27.3 Å². The first-order chi connectivity index (χ1) is 18.1. The fourth-order valence-corrected chi connectivity index (χ4v) is 4.23. The summed E-state index contributed by atoms with van der Waals surface area (Å²) in [5.41, 5.74) is 20.1. The average Bonchev–Trinajstić information content (AvgIpc) is 3.29. The van der Waals surface area contributed by atoms with Gasteiger partial charge in [-0.25, -0.2) is 9.97 Å². The molecule has 0 saturated heterocycles. The standard InChI is InChI=1S/C27H34N8O2/c28-11-15-34(16-12-29)17-13-31-24(36)10-14-35-18-23(25-26(30)32-19-33-27(25)35)20-6-8-22(9-7-20)37-21-4-2-1-3-5-21/h1-9,18-19H,10-17,28-29H2,(H,31,36)(H2,30,32,33). The van der Waals surface area contributed by atoms with Crippen LogP contribution >= 0.6 is 0 Å². The van der Waals surface area contributed by atoms with Gasteiger partial charge in [0.05, 0.1) is 5.39 Å². The van der Waals surface area contributed by atoms with E-state index in [1.165, 1.54) is 6.33 Å². The van der Waals surface area contributed by atoms with E-state index < -0.39 is 0 Å². The molecule has 7 N–H and O–H groups in total. The molecule has 0 radical (unpaired) electrons. The highest BCUT2D eigenvalue weighted by molar-refractivity contribution is 6.00. The molecule has 4 rings (SSSR count). The van der Waals surface area contributed by atoms with Crippen LogP contribution in [-0.4, -0.2) is 64.6 Å². The lowest BCUT2D eigenvalue weighted by Crippen LogP contribution is -2.40. The van der Waals surface area contributed by atoms with E-state index in [9.17, 15) is 4.79 Å². The van der Waals surface area contributed by atoms with Gasteiger partial charge >= 0.3 is 0 Å². The monoisotopic (exact) mass is 502 g/mol. The van der Waals surface area contributed by atoms with E-state index in [1.807, 2.05) is 65.4 Å². The van der Waals surface area contributed by atoms with Crippen molar-refractivity contribution in [2.24, 2.45) is 11.5 Å². The first-order valence-corrected chi connectivity index (χ1v) is 12.4. The minimum absolute atomic E-state index is 0.0340. The van der Waals surface area contributed by atoms with E-state index in [0.717, 1.165) is 41.1 Å².